The Bertz CT molecular complexity index is 1690. The first-order valence-corrected chi connectivity index (χ1v) is 19.1. The summed E-state index contributed by atoms with van der Waals surface area (Å²) >= 11 is 21.9. The quantitative estimate of drug-likeness (QED) is 0.0965. The van der Waals surface area contributed by atoms with Crippen LogP contribution >= 0.6 is 58.3 Å². The zero-order chi connectivity index (χ0) is 34.9. The van der Waals surface area contributed by atoms with E-state index in [0.29, 0.717) is 15.9 Å². The van der Waals surface area contributed by atoms with Gasteiger partial charge in [-0.05, 0) is 87.6 Å². The van der Waals surface area contributed by atoms with E-state index in [-0.39, 0.29) is 36.2 Å². The SMILES string of the molecule is CCc1ccc(Sc2cnc(N)nc2NC2CCC(O)CC2)c(Cl)c1.Nc1ncc(Sc2c(Cl)cccc2Cl)c(NC2CCC(O)CC2)n1. The first kappa shape index (κ1) is 37.5. The van der Waals surface area contributed by atoms with Crippen molar-refractivity contribution in [1.29, 1.82) is 0 Å². The van der Waals surface area contributed by atoms with Crippen molar-refractivity contribution >= 4 is 81.9 Å². The Morgan fingerprint density at radius 3 is 1.65 bits per heavy atom. The Morgan fingerprint density at radius 2 is 1.18 bits per heavy atom. The molecule has 0 atom stereocenters. The number of nitrogens with one attached hydrogen (secondary N) is 2. The fourth-order valence-corrected chi connectivity index (χ4v) is 8.25. The number of benzene rings is 2. The van der Waals surface area contributed by atoms with Gasteiger partial charge in [-0.25, -0.2) is 9.97 Å². The molecular formula is C34H41Cl3N8O2S2. The maximum atomic E-state index is 9.67. The number of hydrogen-bond acceptors (Lipinski definition) is 12. The molecule has 2 fully saturated rings. The third-order valence-corrected chi connectivity index (χ3v) is 11.9. The van der Waals surface area contributed by atoms with Gasteiger partial charge in [-0.15, -0.1) is 0 Å². The molecule has 2 aliphatic carbocycles. The number of rotatable bonds is 9. The molecule has 0 spiro atoms. The second kappa shape index (κ2) is 18.0. The van der Waals surface area contributed by atoms with Gasteiger partial charge in [0.1, 0.15) is 11.6 Å². The second-order valence-corrected chi connectivity index (χ2v) is 15.4. The van der Waals surface area contributed by atoms with Gasteiger partial charge in [0.25, 0.3) is 0 Å². The minimum Gasteiger partial charge on any atom is -0.393 e. The lowest BCUT2D eigenvalue weighted by Gasteiger charge is -2.27. The number of aryl methyl sites for hydroxylation is 1. The zero-order valence-electron chi connectivity index (χ0n) is 27.1. The molecular weight excluding hydrogens is 723 g/mol. The summed E-state index contributed by atoms with van der Waals surface area (Å²) in [6, 6.07) is 12.1. The number of anilines is 4. The maximum Gasteiger partial charge on any atom is 0.221 e. The first-order valence-electron chi connectivity index (χ1n) is 16.3. The molecule has 10 nitrogen and oxygen atoms in total. The van der Waals surface area contributed by atoms with Gasteiger partial charge in [0.15, 0.2) is 0 Å². The largest absolute Gasteiger partial charge is 0.393 e. The van der Waals surface area contributed by atoms with Crippen LogP contribution in [0.15, 0.2) is 68.4 Å². The third-order valence-electron chi connectivity index (χ3n) is 8.38. The van der Waals surface area contributed by atoms with E-state index in [1.807, 2.05) is 12.1 Å². The van der Waals surface area contributed by atoms with E-state index < -0.39 is 0 Å². The molecule has 262 valence electrons. The highest BCUT2D eigenvalue weighted by Gasteiger charge is 2.23. The summed E-state index contributed by atoms with van der Waals surface area (Å²) in [6.07, 6.45) is 10.8. The van der Waals surface area contributed by atoms with Crippen LogP contribution in [0.5, 0.6) is 0 Å². The molecule has 6 rings (SSSR count). The number of nitrogens with two attached hydrogens (primary N) is 2. The molecule has 0 aliphatic heterocycles. The zero-order valence-corrected chi connectivity index (χ0v) is 31.0. The van der Waals surface area contributed by atoms with E-state index >= 15 is 0 Å². The number of aliphatic hydroxyl groups is 2. The molecule has 49 heavy (non-hydrogen) atoms. The highest BCUT2D eigenvalue weighted by Crippen LogP contribution is 2.41. The lowest BCUT2D eigenvalue weighted by Crippen LogP contribution is -2.28. The van der Waals surface area contributed by atoms with Crippen LogP contribution in [-0.2, 0) is 6.42 Å². The number of hydrogen-bond donors (Lipinski definition) is 6. The Morgan fingerprint density at radius 1 is 0.694 bits per heavy atom. The van der Waals surface area contributed by atoms with Gasteiger partial charge >= 0.3 is 0 Å². The van der Waals surface area contributed by atoms with Crippen molar-refractivity contribution < 1.29 is 10.2 Å². The van der Waals surface area contributed by atoms with Crippen molar-refractivity contribution in [3.63, 3.8) is 0 Å². The number of halogens is 3. The normalized spacial score (nSPS) is 20.6. The molecule has 8 N–H and O–H groups in total. The van der Waals surface area contributed by atoms with Crippen LogP contribution in [0.3, 0.4) is 0 Å². The molecule has 2 saturated carbocycles. The van der Waals surface area contributed by atoms with Gasteiger partial charge in [-0.1, -0.05) is 77.4 Å². The van der Waals surface area contributed by atoms with E-state index in [9.17, 15) is 10.2 Å². The van der Waals surface area contributed by atoms with Crippen LogP contribution < -0.4 is 22.1 Å². The number of aromatic nitrogens is 4. The molecule has 2 aromatic carbocycles. The van der Waals surface area contributed by atoms with Crippen molar-refractivity contribution in [1.82, 2.24) is 19.9 Å². The third kappa shape index (κ3) is 10.9. The van der Waals surface area contributed by atoms with Crippen molar-refractivity contribution in [3.05, 3.63) is 69.4 Å². The fourth-order valence-electron chi connectivity index (χ4n) is 5.61. The van der Waals surface area contributed by atoms with Crippen LogP contribution in [0.25, 0.3) is 0 Å². The smallest absolute Gasteiger partial charge is 0.221 e. The number of aliphatic hydroxyl groups excluding tert-OH is 2. The summed E-state index contributed by atoms with van der Waals surface area (Å²) in [7, 11) is 0. The van der Waals surface area contributed by atoms with Crippen LogP contribution in [0.2, 0.25) is 15.1 Å². The lowest BCUT2D eigenvalue weighted by molar-refractivity contribution is 0.125. The van der Waals surface area contributed by atoms with Gasteiger partial charge < -0.3 is 32.3 Å². The molecule has 0 radical (unpaired) electrons. The van der Waals surface area contributed by atoms with Crippen molar-refractivity contribution in [2.75, 3.05) is 22.1 Å². The Balaban J connectivity index is 0.000000191. The highest BCUT2D eigenvalue weighted by atomic mass is 35.5. The van der Waals surface area contributed by atoms with E-state index in [4.69, 9.17) is 46.3 Å². The molecule has 0 amide bonds. The topological polar surface area (TPSA) is 168 Å². The Kier molecular flexibility index (Phi) is 13.8. The second-order valence-electron chi connectivity index (χ2n) is 12.1. The summed E-state index contributed by atoms with van der Waals surface area (Å²) in [5, 5.41) is 28.1. The van der Waals surface area contributed by atoms with Crippen molar-refractivity contribution in [3.8, 4) is 0 Å². The summed E-state index contributed by atoms with van der Waals surface area (Å²) in [5.41, 5.74) is 12.7. The molecule has 2 aromatic heterocycles. The van der Waals surface area contributed by atoms with E-state index in [2.05, 4.69) is 43.6 Å². The van der Waals surface area contributed by atoms with Gasteiger partial charge in [0.2, 0.25) is 11.9 Å². The summed E-state index contributed by atoms with van der Waals surface area (Å²) < 4.78 is 0. The minimum atomic E-state index is -0.200. The molecule has 0 unspecified atom stereocenters. The van der Waals surface area contributed by atoms with Gasteiger partial charge in [0, 0.05) is 34.3 Å². The first-order chi connectivity index (χ1) is 23.6. The van der Waals surface area contributed by atoms with Crippen LogP contribution in [0.1, 0.15) is 63.9 Å². The molecule has 4 aromatic rings. The summed E-state index contributed by atoms with van der Waals surface area (Å²) in [6.45, 7) is 2.11. The number of nitrogens with zero attached hydrogens (tertiary/aromatic N) is 4. The Hall–Kier alpha value is -2.71. The van der Waals surface area contributed by atoms with Crippen LogP contribution in [0.4, 0.5) is 23.5 Å². The predicted molar refractivity (Wildman–Crippen MR) is 202 cm³/mol. The van der Waals surface area contributed by atoms with Crippen molar-refractivity contribution in [2.45, 2.75) is 109 Å². The maximum absolute atomic E-state index is 9.67. The minimum absolute atomic E-state index is 0.182. The average Bonchev–Trinajstić information content (AvgIpc) is 3.08. The average molecular weight is 764 g/mol. The van der Waals surface area contributed by atoms with Crippen molar-refractivity contribution in [2.24, 2.45) is 0 Å². The molecule has 15 heteroatoms. The monoisotopic (exact) mass is 762 g/mol. The van der Waals surface area contributed by atoms with Gasteiger partial charge in [0.05, 0.1) is 37.1 Å². The highest BCUT2D eigenvalue weighted by molar-refractivity contribution is 8.00. The predicted octanol–water partition coefficient (Wildman–Crippen LogP) is 8.37. The standard InChI is InChI=1S/C18H23ClN4OS.C16H18Cl2N4OS/c1-2-11-3-8-15(14(19)9-11)25-16-10-21-18(20)23-17(16)22-12-4-6-13(24)7-5-12;17-11-2-1-3-12(18)14(11)24-13-8-20-16(19)22-15(13)21-9-4-6-10(23)7-5-9/h3,8-10,12-13,24H,2,4-7H2,1H3,(H3,20,21,22,23);1-3,8-10,23H,4-7H2,(H3,19,20,21,22). The van der Waals surface area contributed by atoms with Crippen LogP contribution in [-0.4, -0.2) is 54.4 Å². The molecule has 0 bridgehead atoms. The molecule has 2 heterocycles. The summed E-state index contributed by atoms with van der Waals surface area (Å²) in [4.78, 5) is 20.3. The van der Waals surface area contributed by atoms with Gasteiger partial charge in [-0.3, -0.25) is 0 Å². The molecule has 0 saturated heterocycles. The fraction of sp³-hybridized carbons (Fsp3) is 0.412. The van der Waals surface area contributed by atoms with E-state index in [1.165, 1.54) is 29.1 Å². The van der Waals surface area contributed by atoms with Crippen LogP contribution in [0, 0.1) is 0 Å². The lowest BCUT2D eigenvalue weighted by atomic mass is 9.93. The molecule has 2 aliphatic rings. The summed E-state index contributed by atoms with van der Waals surface area (Å²) in [5.74, 6) is 1.86. The van der Waals surface area contributed by atoms with Gasteiger partial charge in [-0.2, -0.15) is 9.97 Å². The van der Waals surface area contributed by atoms with E-state index in [0.717, 1.165) is 88.2 Å². The number of nitrogen functional groups attached to an aromatic ring is 2. The Labute approximate surface area is 310 Å². The van der Waals surface area contributed by atoms with E-state index in [1.54, 1.807) is 30.6 Å².